The molecule has 0 amide bonds. The van der Waals surface area contributed by atoms with E-state index in [4.69, 9.17) is 0 Å². The molecule has 0 unspecified atom stereocenters. The molecule has 0 radical (unpaired) electrons. The Balaban J connectivity index is 1.53. The summed E-state index contributed by atoms with van der Waals surface area (Å²) in [5.41, 5.74) is 5.16. The van der Waals surface area contributed by atoms with Crippen LogP contribution in [0.3, 0.4) is 0 Å². The van der Waals surface area contributed by atoms with E-state index in [1.807, 2.05) is 45.3 Å². The summed E-state index contributed by atoms with van der Waals surface area (Å²) in [7, 11) is 0. The SMILES string of the molecule is c1ccc(-c2c3cc4sc5ccccc5sc4cc3c(-c3ccccc3)c3cc4sc5ccccc5sc4cc23)cc1. The maximum Gasteiger partial charge on any atom is 0.0455 e. The van der Waals surface area contributed by atoms with Crippen molar-refractivity contribution in [3.63, 3.8) is 0 Å². The van der Waals surface area contributed by atoms with Gasteiger partial charge in [0.1, 0.15) is 0 Å². The lowest BCUT2D eigenvalue weighted by atomic mass is 9.86. The number of benzene rings is 7. The summed E-state index contributed by atoms with van der Waals surface area (Å²) in [4.78, 5) is 0. The largest absolute Gasteiger partial charge is 0.133 e. The van der Waals surface area contributed by atoms with Gasteiger partial charge in [0.25, 0.3) is 0 Å². The van der Waals surface area contributed by atoms with Crippen LogP contribution < -0.4 is 0 Å². The lowest BCUT2D eigenvalue weighted by molar-refractivity contribution is 1.67. The molecule has 0 aliphatic rings. The third-order valence-electron chi connectivity index (χ3n) is 7.95. The Morgan fingerprint density at radius 2 is 0.524 bits per heavy atom. The van der Waals surface area contributed by atoms with E-state index < -0.39 is 0 Å². The van der Waals surface area contributed by atoms with Gasteiger partial charge in [-0.2, -0.15) is 0 Å². The van der Waals surface area contributed by atoms with Gasteiger partial charge in [-0.3, -0.25) is 0 Å². The van der Waals surface area contributed by atoms with Gasteiger partial charge in [0.05, 0.1) is 0 Å². The topological polar surface area (TPSA) is 0 Å². The van der Waals surface area contributed by atoms with Gasteiger partial charge in [0.2, 0.25) is 0 Å². The average Bonchev–Trinajstić information content (AvgIpc) is 3.04. The van der Waals surface area contributed by atoms with Gasteiger partial charge in [-0.05, 0) is 92.3 Å². The van der Waals surface area contributed by atoms with Gasteiger partial charge < -0.3 is 0 Å². The van der Waals surface area contributed by atoms with Gasteiger partial charge in [-0.1, -0.05) is 84.9 Å². The smallest absolute Gasteiger partial charge is 0.0455 e. The summed E-state index contributed by atoms with van der Waals surface area (Å²) in [5.74, 6) is 0. The molecular formula is C38H22S4. The van der Waals surface area contributed by atoms with Crippen molar-refractivity contribution in [2.45, 2.75) is 0 Å². The number of hydrogen-bond acceptors (Lipinski definition) is 4. The van der Waals surface area contributed by atoms with Gasteiger partial charge in [0.15, 0.2) is 0 Å². The molecule has 0 fully saturated rings. The molecule has 4 heteroatoms. The monoisotopic (exact) mass is 606 g/mol. The Morgan fingerprint density at radius 1 is 0.262 bits per heavy atom. The quantitative estimate of drug-likeness (QED) is 0.172. The maximum absolute atomic E-state index is 2.46. The Hall–Kier alpha value is -4.06. The summed E-state index contributed by atoms with van der Waals surface area (Å²) in [6, 6.07) is 49.3. The highest BCUT2D eigenvalue weighted by Crippen LogP contribution is 2.48. The standard InChI is InChI=1S/C38H22S4/c1-3-11-23(12-4-1)37-25-19-33-35(41-31-17-9-7-15-29(31)39-33)21-27(25)38(24-13-5-2-6-14-24)28-22-36-34(20-26(28)37)40-30-16-8-10-18-32(30)42-36/h1-22H. The Kier molecular flexibility index (Phi) is 5.70. The third kappa shape index (κ3) is 3.91. The zero-order valence-corrected chi connectivity index (χ0v) is 25.6. The highest BCUT2D eigenvalue weighted by molar-refractivity contribution is 7.36. The number of hydrogen-bond donors (Lipinski definition) is 0. The molecule has 0 aliphatic heterocycles. The van der Waals surface area contributed by atoms with Crippen LogP contribution in [0.15, 0.2) is 133 Å². The molecule has 0 spiro atoms. The maximum atomic E-state index is 2.46. The highest BCUT2D eigenvalue weighted by atomic mass is 32.1. The van der Waals surface area contributed by atoms with E-state index in [1.165, 1.54) is 81.4 Å². The van der Waals surface area contributed by atoms with Crippen molar-refractivity contribution in [2.75, 3.05) is 0 Å². The second kappa shape index (κ2) is 9.75. The fraction of sp³-hybridized carbons (Fsp3) is 0. The predicted octanol–water partition coefficient (Wildman–Crippen LogP) is 13.3. The van der Waals surface area contributed by atoms with Crippen LogP contribution in [0.5, 0.6) is 0 Å². The molecule has 0 N–H and O–H groups in total. The van der Waals surface area contributed by atoms with Crippen LogP contribution in [0.4, 0.5) is 0 Å². The molecule has 42 heavy (non-hydrogen) atoms. The molecule has 0 atom stereocenters. The first-order valence-electron chi connectivity index (χ1n) is 13.9. The molecule has 2 heterocycles. The van der Waals surface area contributed by atoms with Crippen LogP contribution in [0, 0.1) is 0 Å². The van der Waals surface area contributed by atoms with E-state index in [1.54, 1.807) is 0 Å². The van der Waals surface area contributed by atoms with Gasteiger partial charge in [0, 0.05) is 37.6 Å². The van der Waals surface area contributed by atoms with Crippen LogP contribution in [0.1, 0.15) is 0 Å². The lowest BCUT2D eigenvalue weighted by Crippen LogP contribution is -1.91. The van der Waals surface area contributed by atoms with E-state index in [-0.39, 0.29) is 0 Å². The van der Waals surface area contributed by atoms with Crippen molar-refractivity contribution in [1.82, 2.24) is 0 Å². The molecule has 9 aromatic rings. The Morgan fingerprint density at radius 3 is 0.810 bits per heavy atom. The summed E-state index contributed by atoms with van der Waals surface area (Å²) >= 11 is 7.58. The average molecular weight is 607 g/mol. The van der Waals surface area contributed by atoms with Crippen molar-refractivity contribution in [3.8, 4) is 22.3 Å². The van der Waals surface area contributed by atoms with Crippen molar-refractivity contribution in [2.24, 2.45) is 0 Å². The molecule has 2 aromatic heterocycles. The predicted molar refractivity (Wildman–Crippen MR) is 191 cm³/mol. The molecule has 0 aliphatic carbocycles. The first kappa shape index (κ1) is 24.5. The molecule has 7 aromatic carbocycles. The molecule has 198 valence electrons. The summed E-state index contributed by atoms with van der Waals surface area (Å²) < 4.78 is 10.7. The minimum atomic E-state index is 1.26. The molecule has 0 bridgehead atoms. The fourth-order valence-electron chi connectivity index (χ4n) is 6.10. The van der Waals surface area contributed by atoms with Crippen molar-refractivity contribution < 1.29 is 0 Å². The third-order valence-corrected chi connectivity index (χ3v) is 13.0. The second-order valence-electron chi connectivity index (χ2n) is 10.5. The van der Waals surface area contributed by atoms with E-state index in [0.29, 0.717) is 0 Å². The van der Waals surface area contributed by atoms with Crippen LogP contribution in [-0.4, -0.2) is 0 Å². The minimum absolute atomic E-state index is 1.26. The Labute approximate surface area is 258 Å². The van der Waals surface area contributed by atoms with Crippen molar-refractivity contribution in [1.29, 1.82) is 0 Å². The highest BCUT2D eigenvalue weighted by Gasteiger charge is 2.19. The van der Waals surface area contributed by atoms with E-state index in [9.17, 15) is 0 Å². The van der Waals surface area contributed by atoms with E-state index in [2.05, 4.69) is 133 Å². The first-order valence-corrected chi connectivity index (χ1v) is 17.2. The normalized spacial score (nSPS) is 11.8. The molecule has 0 saturated carbocycles. The minimum Gasteiger partial charge on any atom is -0.133 e. The van der Waals surface area contributed by atoms with Crippen molar-refractivity contribution in [3.05, 3.63) is 133 Å². The molecule has 0 nitrogen and oxygen atoms in total. The number of fused-ring (bicyclic) bond motifs is 6. The van der Waals surface area contributed by atoms with Crippen LogP contribution in [0.25, 0.3) is 81.4 Å². The van der Waals surface area contributed by atoms with Gasteiger partial charge in [-0.15, -0.1) is 45.3 Å². The summed E-state index contributed by atoms with van der Waals surface area (Å²) in [6.45, 7) is 0. The zero-order chi connectivity index (χ0) is 27.6. The van der Waals surface area contributed by atoms with Crippen LogP contribution in [0.2, 0.25) is 0 Å². The summed E-state index contributed by atoms with van der Waals surface area (Å²) in [5, 5.41) is 5.25. The Bertz CT molecular complexity index is 2190. The fourth-order valence-corrected chi connectivity index (χ4v) is 10.7. The van der Waals surface area contributed by atoms with Crippen molar-refractivity contribution >= 4 is 104 Å². The zero-order valence-electron chi connectivity index (χ0n) is 22.3. The lowest BCUT2D eigenvalue weighted by Gasteiger charge is -2.19. The van der Waals surface area contributed by atoms with Gasteiger partial charge >= 0.3 is 0 Å². The first-order chi connectivity index (χ1) is 20.8. The van der Waals surface area contributed by atoms with E-state index >= 15 is 0 Å². The molecule has 0 saturated heterocycles. The molecule has 9 rings (SSSR count). The molecular weight excluding hydrogens is 585 g/mol. The van der Waals surface area contributed by atoms with E-state index in [0.717, 1.165) is 0 Å². The summed E-state index contributed by atoms with van der Waals surface area (Å²) in [6.07, 6.45) is 0. The number of rotatable bonds is 2. The second-order valence-corrected chi connectivity index (χ2v) is 14.8. The van der Waals surface area contributed by atoms with Crippen LogP contribution >= 0.6 is 45.3 Å². The van der Waals surface area contributed by atoms with Gasteiger partial charge in [-0.25, -0.2) is 0 Å². The van der Waals surface area contributed by atoms with Crippen LogP contribution in [-0.2, 0) is 0 Å².